The maximum absolute atomic E-state index is 12.2. The van der Waals surface area contributed by atoms with Crippen molar-refractivity contribution in [3.63, 3.8) is 0 Å². The predicted octanol–water partition coefficient (Wildman–Crippen LogP) is 3.16. The average Bonchev–Trinajstić information content (AvgIpc) is 3.21. The minimum Gasteiger partial charge on any atom is -0.350 e. The van der Waals surface area contributed by atoms with Crippen LogP contribution in [0.1, 0.15) is 22.8 Å². The van der Waals surface area contributed by atoms with E-state index in [0.29, 0.717) is 17.1 Å². The third-order valence-electron chi connectivity index (χ3n) is 4.09. The van der Waals surface area contributed by atoms with Crippen LogP contribution in [0.4, 0.5) is 0 Å². The molecule has 1 atom stereocenters. The highest BCUT2D eigenvalue weighted by atomic mass is 35.5. The van der Waals surface area contributed by atoms with Gasteiger partial charge in [0.1, 0.15) is 6.04 Å². The topological polar surface area (TPSA) is 86.9 Å². The van der Waals surface area contributed by atoms with Gasteiger partial charge < -0.3 is 10.6 Å². The molecule has 0 aliphatic heterocycles. The van der Waals surface area contributed by atoms with Gasteiger partial charge in [-0.25, -0.2) is 0 Å². The Hall–Kier alpha value is -3.12. The van der Waals surface area contributed by atoms with Crippen molar-refractivity contribution in [2.45, 2.75) is 19.5 Å². The molecule has 2 amide bonds. The van der Waals surface area contributed by atoms with Crippen molar-refractivity contribution in [3.8, 4) is 11.3 Å². The van der Waals surface area contributed by atoms with E-state index in [2.05, 4.69) is 20.8 Å². The molecule has 1 heterocycles. The molecule has 0 radical (unpaired) electrons. The summed E-state index contributed by atoms with van der Waals surface area (Å²) in [6.07, 6.45) is 1.70. The minimum absolute atomic E-state index is 0.270. The van der Waals surface area contributed by atoms with Gasteiger partial charge in [-0.3, -0.25) is 14.7 Å². The van der Waals surface area contributed by atoms with Gasteiger partial charge in [-0.1, -0.05) is 48.0 Å². The number of nitrogens with zero attached hydrogens (tertiary/aromatic N) is 1. The van der Waals surface area contributed by atoms with Crippen molar-refractivity contribution >= 4 is 23.4 Å². The third-order valence-corrected chi connectivity index (χ3v) is 4.42. The monoisotopic (exact) mass is 382 g/mol. The first kappa shape index (κ1) is 18.7. The lowest BCUT2D eigenvalue weighted by Crippen LogP contribution is -2.44. The molecular weight excluding hydrogens is 364 g/mol. The van der Waals surface area contributed by atoms with Crippen LogP contribution in [0.5, 0.6) is 0 Å². The van der Waals surface area contributed by atoms with Gasteiger partial charge in [0.15, 0.2) is 0 Å². The lowest BCUT2D eigenvalue weighted by molar-refractivity contribution is -0.122. The summed E-state index contributed by atoms with van der Waals surface area (Å²) in [6.45, 7) is 2.00. The molecule has 3 rings (SSSR count). The number of aromatic nitrogens is 2. The molecule has 1 unspecified atom stereocenters. The summed E-state index contributed by atoms with van der Waals surface area (Å²) in [5.41, 5.74) is 3.24. The molecule has 1 aromatic heterocycles. The van der Waals surface area contributed by atoms with Crippen LogP contribution in [0.15, 0.2) is 60.8 Å². The Morgan fingerprint density at radius 1 is 1.11 bits per heavy atom. The van der Waals surface area contributed by atoms with E-state index in [1.807, 2.05) is 30.3 Å². The van der Waals surface area contributed by atoms with Crippen LogP contribution in [0.3, 0.4) is 0 Å². The molecule has 3 N–H and O–H groups in total. The highest BCUT2D eigenvalue weighted by Crippen LogP contribution is 2.17. The predicted molar refractivity (Wildman–Crippen MR) is 104 cm³/mol. The van der Waals surface area contributed by atoms with Gasteiger partial charge >= 0.3 is 0 Å². The summed E-state index contributed by atoms with van der Waals surface area (Å²) >= 11 is 6.01. The summed E-state index contributed by atoms with van der Waals surface area (Å²) in [5, 5.41) is 12.6. The van der Waals surface area contributed by atoms with Crippen molar-refractivity contribution in [1.82, 2.24) is 20.8 Å². The number of hydrogen-bond acceptors (Lipinski definition) is 3. The molecule has 0 saturated carbocycles. The molecule has 7 heteroatoms. The van der Waals surface area contributed by atoms with Crippen LogP contribution in [0.2, 0.25) is 5.02 Å². The van der Waals surface area contributed by atoms with Crippen LogP contribution < -0.4 is 10.6 Å². The second kappa shape index (κ2) is 8.51. The molecular formula is C20H19ClN4O2. The Bertz CT molecular complexity index is 923. The summed E-state index contributed by atoms with van der Waals surface area (Å²) < 4.78 is 0. The standard InChI is InChI=1S/C20H19ClN4O2/c1-13(24-20(27)16-4-2-3-5-17(16)21)19(26)22-12-14-6-8-15(9-7-14)18-10-11-23-25-18/h2-11,13H,12H2,1H3,(H,22,26)(H,23,25)(H,24,27). The van der Waals surface area contributed by atoms with Crippen molar-refractivity contribution in [1.29, 1.82) is 0 Å². The molecule has 3 aromatic rings. The van der Waals surface area contributed by atoms with E-state index in [1.54, 1.807) is 37.4 Å². The van der Waals surface area contributed by atoms with Gasteiger partial charge in [0.05, 0.1) is 16.3 Å². The van der Waals surface area contributed by atoms with Crippen LogP contribution in [-0.4, -0.2) is 28.1 Å². The molecule has 0 spiro atoms. The Balaban J connectivity index is 1.52. The van der Waals surface area contributed by atoms with Gasteiger partial charge in [0.25, 0.3) is 5.91 Å². The quantitative estimate of drug-likeness (QED) is 0.612. The van der Waals surface area contributed by atoms with Crippen molar-refractivity contribution in [2.75, 3.05) is 0 Å². The van der Waals surface area contributed by atoms with Gasteiger partial charge in [-0.05, 0) is 36.2 Å². The van der Waals surface area contributed by atoms with Crippen LogP contribution in [-0.2, 0) is 11.3 Å². The fraction of sp³-hybridized carbons (Fsp3) is 0.150. The highest BCUT2D eigenvalue weighted by molar-refractivity contribution is 6.33. The zero-order valence-electron chi connectivity index (χ0n) is 14.7. The lowest BCUT2D eigenvalue weighted by atomic mass is 10.1. The number of benzene rings is 2. The van der Waals surface area contributed by atoms with E-state index in [-0.39, 0.29) is 11.8 Å². The SMILES string of the molecule is CC(NC(=O)c1ccccc1Cl)C(=O)NCc1ccc(-c2ccn[nH]2)cc1. The number of carbonyl (C=O) groups excluding carboxylic acids is 2. The maximum atomic E-state index is 12.2. The van der Waals surface area contributed by atoms with E-state index >= 15 is 0 Å². The van der Waals surface area contributed by atoms with E-state index in [1.165, 1.54) is 0 Å². The van der Waals surface area contributed by atoms with Crippen LogP contribution in [0.25, 0.3) is 11.3 Å². The van der Waals surface area contributed by atoms with Crippen molar-refractivity contribution < 1.29 is 9.59 Å². The average molecular weight is 383 g/mol. The molecule has 27 heavy (non-hydrogen) atoms. The lowest BCUT2D eigenvalue weighted by Gasteiger charge is -2.15. The number of nitrogens with one attached hydrogen (secondary N) is 3. The zero-order valence-corrected chi connectivity index (χ0v) is 15.5. The van der Waals surface area contributed by atoms with Crippen LogP contribution in [0, 0.1) is 0 Å². The number of halogens is 1. The molecule has 0 fully saturated rings. The summed E-state index contributed by atoms with van der Waals surface area (Å²) in [5.74, 6) is -0.653. The first-order valence-corrected chi connectivity index (χ1v) is 8.84. The van der Waals surface area contributed by atoms with E-state index in [4.69, 9.17) is 11.6 Å². The highest BCUT2D eigenvalue weighted by Gasteiger charge is 2.17. The first-order chi connectivity index (χ1) is 13.0. The fourth-order valence-corrected chi connectivity index (χ4v) is 2.77. The van der Waals surface area contributed by atoms with Crippen molar-refractivity contribution in [2.24, 2.45) is 0 Å². The first-order valence-electron chi connectivity index (χ1n) is 8.46. The number of carbonyl (C=O) groups is 2. The Kier molecular flexibility index (Phi) is 5.88. The second-order valence-corrected chi connectivity index (χ2v) is 6.47. The minimum atomic E-state index is -0.682. The number of hydrogen-bond donors (Lipinski definition) is 3. The van der Waals surface area contributed by atoms with E-state index in [0.717, 1.165) is 16.8 Å². The Labute approximate surface area is 161 Å². The maximum Gasteiger partial charge on any atom is 0.253 e. The number of aromatic amines is 1. The molecule has 0 aliphatic rings. The number of rotatable bonds is 6. The summed E-state index contributed by atoms with van der Waals surface area (Å²) in [7, 11) is 0. The van der Waals surface area contributed by atoms with Gasteiger partial charge in [0.2, 0.25) is 5.91 Å². The fourth-order valence-electron chi connectivity index (χ4n) is 2.55. The summed E-state index contributed by atoms with van der Waals surface area (Å²) in [4.78, 5) is 24.5. The number of amides is 2. The van der Waals surface area contributed by atoms with E-state index < -0.39 is 6.04 Å². The third kappa shape index (κ3) is 4.74. The molecule has 0 aliphatic carbocycles. The molecule has 138 valence electrons. The van der Waals surface area contributed by atoms with Gasteiger partial charge in [-0.2, -0.15) is 5.10 Å². The Morgan fingerprint density at radius 2 is 1.85 bits per heavy atom. The molecule has 0 saturated heterocycles. The number of H-pyrrole nitrogens is 1. The van der Waals surface area contributed by atoms with Gasteiger partial charge in [-0.15, -0.1) is 0 Å². The van der Waals surface area contributed by atoms with E-state index in [9.17, 15) is 9.59 Å². The smallest absolute Gasteiger partial charge is 0.253 e. The molecule has 0 bridgehead atoms. The largest absolute Gasteiger partial charge is 0.350 e. The summed E-state index contributed by atoms with van der Waals surface area (Å²) in [6, 6.07) is 15.7. The molecule has 6 nitrogen and oxygen atoms in total. The van der Waals surface area contributed by atoms with Crippen molar-refractivity contribution in [3.05, 3.63) is 76.9 Å². The molecule has 2 aromatic carbocycles. The zero-order chi connectivity index (χ0) is 19.2. The second-order valence-electron chi connectivity index (χ2n) is 6.06. The van der Waals surface area contributed by atoms with Crippen LogP contribution >= 0.6 is 11.6 Å². The normalized spacial score (nSPS) is 11.6. The Morgan fingerprint density at radius 3 is 2.52 bits per heavy atom. The van der Waals surface area contributed by atoms with Gasteiger partial charge in [0, 0.05) is 12.7 Å².